The van der Waals surface area contributed by atoms with Gasteiger partial charge in [-0.3, -0.25) is 0 Å². The van der Waals surface area contributed by atoms with Crippen molar-refractivity contribution < 1.29 is 4.74 Å². The predicted octanol–water partition coefficient (Wildman–Crippen LogP) is 3.12. The Morgan fingerprint density at radius 1 is 1.43 bits per heavy atom. The van der Waals surface area contributed by atoms with E-state index in [0.29, 0.717) is 6.54 Å². The van der Waals surface area contributed by atoms with Gasteiger partial charge in [-0.05, 0) is 47.5 Å². The van der Waals surface area contributed by atoms with Gasteiger partial charge in [0.15, 0.2) is 0 Å². The van der Waals surface area contributed by atoms with E-state index in [2.05, 4.69) is 15.9 Å². The summed E-state index contributed by atoms with van der Waals surface area (Å²) in [4.78, 5) is 0. The molecule has 0 radical (unpaired) electrons. The van der Waals surface area contributed by atoms with Gasteiger partial charge in [0, 0.05) is 6.54 Å². The highest BCUT2D eigenvalue weighted by Crippen LogP contribution is 2.26. The van der Waals surface area contributed by atoms with Gasteiger partial charge in [0.05, 0.1) is 10.6 Å². The average molecular weight is 281 g/mol. The normalized spacial score (nSPS) is 9.79. The molecule has 0 bridgehead atoms. The van der Waals surface area contributed by atoms with Crippen LogP contribution in [-0.4, -0.2) is 6.10 Å². The first-order chi connectivity index (χ1) is 6.13. The van der Waals surface area contributed by atoms with Gasteiger partial charge >= 0.3 is 0 Å². The average Bonchev–Trinajstić information content (AvgIpc) is 2.08. The summed E-state index contributed by atoms with van der Waals surface area (Å²) in [6.07, 6.45) is 0.194. The maximum Gasteiger partial charge on any atom is 0.133 e. The molecule has 0 aliphatic heterocycles. The number of benzene rings is 1. The van der Waals surface area contributed by atoms with E-state index in [1.165, 1.54) is 0 Å². The van der Waals surface area contributed by atoms with Crippen molar-refractivity contribution in [3.05, 3.63) is 28.2 Å². The van der Waals surface area contributed by atoms with Gasteiger partial charge in [-0.15, -0.1) is 12.4 Å². The van der Waals surface area contributed by atoms with E-state index >= 15 is 0 Å². The van der Waals surface area contributed by atoms with Crippen molar-refractivity contribution >= 4 is 28.3 Å². The van der Waals surface area contributed by atoms with Crippen LogP contribution >= 0.6 is 28.3 Å². The number of ether oxygens (including phenoxy) is 1. The number of rotatable bonds is 3. The molecule has 0 amide bonds. The highest BCUT2D eigenvalue weighted by molar-refractivity contribution is 9.10. The smallest absolute Gasteiger partial charge is 0.133 e. The third-order valence-corrected chi connectivity index (χ3v) is 2.21. The molecule has 2 nitrogen and oxygen atoms in total. The Balaban J connectivity index is 0.00000169. The second-order valence-electron chi connectivity index (χ2n) is 3.14. The Bertz CT molecular complexity index is 291. The zero-order chi connectivity index (χ0) is 9.84. The lowest BCUT2D eigenvalue weighted by Crippen LogP contribution is -2.06. The lowest BCUT2D eigenvalue weighted by Gasteiger charge is -2.11. The first-order valence-corrected chi connectivity index (χ1v) is 5.08. The molecule has 0 spiro atoms. The summed E-state index contributed by atoms with van der Waals surface area (Å²) in [5, 5.41) is 0. The van der Waals surface area contributed by atoms with Crippen molar-refractivity contribution in [2.75, 3.05) is 0 Å². The minimum atomic E-state index is 0. The fourth-order valence-corrected chi connectivity index (χ4v) is 1.54. The fourth-order valence-electron chi connectivity index (χ4n) is 1.02. The van der Waals surface area contributed by atoms with Crippen LogP contribution in [0.25, 0.3) is 0 Å². The Labute approximate surface area is 99.4 Å². The largest absolute Gasteiger partial charge is 0.490 e. The zero-order valence-electron chi connectivity index (χ0n) is 8.29. The van der Waals surface area contributed by atoms with Crippen LogP contribution in [0.3, 0.4) is 0 Å². The van der Waals surface area contributed by atoms with Crippen LogP contribution in [0, 0.1) is 0 Å². The Hall–Kier alpha value is -0.250. The Morgan fingerprint density at radius 3 is 2.50 bits per heavy atom. The molecule has 1 aromatic rings. The van der Waals surface area contributed by atoms with Gasteiger partial charge in [-0.25, -0.2) is 0 Å². The summed E-state index contributed by atoms with van der Waals surface area (Å²) < 4.78 is 6.52. The van der Waals surface area contributed by atoms with Gasteiger partial charge in [0.1, 0.15) is 5.75 Å². The molecular formula is C10H15BrClNO. The van der Waals surface area contributed by atoms with Crippen LogP contribution in [0.15, 0.2) is 22.7 Å². The predicted molar refractivity (Wildman–Crippen MR) is 65.0 cm³/mol. The first kappa shape index (κ1) is 13.8. The number of hydrogen-bond donors (Lipinski definition) is 1. The van der Waals surface area contributed by atoms with Crippen molar-refractivity contribution in [2.45, 2.75) is 26.5 Å². The Morgan fingerprint density at radius 2 is 2.07 bits per heavy atom. The third-order valence-electron chi connectivity index (χ3n) is 1.59. The van der Waals surface area contributed by atoms with Crippen LogP contribution in [0.4, 0.5) is 0 Å². The first-order valence-electron chi connectivity index (χ1n) is 4.28. The van der Waals surface area contributed by atoms with Crippen LogP contribution in [-0.2, 0) is 6.54 Å². The molecule has 0 atom stereocenters. The highest BCUT2D eigenvalue weighted by atomic mass is 79.9. The molecule has 0 saturated heterocycles. The van der Waals surface area contributed by atoms with Crippen LogP contribution < -0.4 is 10.5 Å². The molecule has 1 rings (SSSR count). The summed E-state index contributed by atoms with van der Waals surface area (Å²) in [5.74, 6) is 0.868. The van der Waals surface area contributed by atoms with E-state index in [0.717, 1.165) is 15.8 Å². The lowest BCUT2D eigenvalue weighted by atomic mass is 10.2. The molecule has 0 aliphatic rings. The molecule has 0 aliphatic carbocycles. The van der Waals surface area contributed by atoms with Crippen LogP contribution in [0.5, 0.6) is 5.75 Å². The maximum absolute atomic E-state index is 5.56. The molecule has 1 aromatic carbocycles. The van der Waals surface area contributed by atoms with Gasteiger partial charge in [-0.1, -0.05) is 6.07 Å². The highest BCUT2D eigenvalue weighted by Gasteiger charge is 2.03. The molecule has 4 heteroatoms. The minimum absolute atomic E-state index is 0. The van der Waals surface area contributed by atoms with E-state index in [1.807, 2.05) is 32.0 Å². The second-order valence-corrected chi connectivity index (χ2v) is 3.99. The van der Waals surface area contributed by atoms with Crippen molar-refractivity contribution in [1.29, 1.82) is 0 Å². The number of nitrogens with two attached hydrogens (primary N) is 1. The molecule has 0 saturated carbocycles. The van der Waals surface area contributed by atoms with Crippen LogP contribution in [0.2, 0.25) is 0 Å². The minimum Gasteiger partial charge on any atom is -0.490 e. The summed E-state index contributed by atoms with van der Waals surface area (Å²) in [6, 6.07) is 5.90. The van der Waals surface area contributed by atoms with Crippen molar-refractivity contribution in [3.63, 3.8) is 0 Å². The van der Waals surface area contributed by atoms with Crippen molar-refractivity contribution in [1.82, 2.24) is 0 Å². The van der Waals surface area contributed by atoms with Crippen LogP contribution in [0.1, 0.15) is 19.4 Å². The van der Waals surface area contributed by atoms with E-state index in [1.54, 1.807) is 0 Å². The molecule has 80 valence electrons. The molecule has 0 fully saturated rings. The molecular weight excluding hydrogens is 265 g/mol. The van der Waals surface area contributed by atoms with E-state index in [4.69, 9.17) is 10.5 Å². The van der Waals surface area contributed by atoms with Gasteiger partial charge in [0.2, 0.25) is 0 Å². The van der Waals surface area contributed by atoms with Crippen molar-refractivity contribution in [3.8, 4) is 5.75 Å². The molecule has 0 heterocycles. The molecule has 14 heavy (non-hydrogen) atoms. The standard InChI is InChI=1S/C10H14BrNO.ClH/c1-7(2)13-10-4-3-8(6-12)5-9(10)11;/h3-5,7H,6,12H2,1-2H3;1H. The molecule has 0 aromatic heterocycles. The monoisotopic (exact) mass is 279 g/mol. The molecule has 2 N–H and O–H groups in total. The fraction of sp³-hybridized carbons (Fsp3) is 0.400. The van der Waals surface area contributed by atoms with E-state index in [-0.39, 0.29) is 18.5 Å². The summed E-state index contributed by atoms with van der Waals surface area (Å²) in [5.41, 5.74) is 6.61. The van der Waals surface area contributed by atoms with Gasteiger partial charge in [0.25, 0.3) is 0 Å². The second kappa shape index (κ2) is 6.27. The lowest BCUT2D eigenvalue weighted by molar-refractivity contribution is 0.241. The molecule has 0 unspecified atom stereocenters. The summed E-state index contributed by atoms with van der Waals surface area (Å²) >= 11 is 3.44. The topological polar surface area (TPSA) is 35.2 Å². The maximum atomic E-state index is 5.56. The Kier molecular flexibility index (Phi) is 6.16. The third kappa shape index (κ3) is 3.86. The SMILES string of the molecule is CC(C)Oc1ccc(CN)cc1Br.Cl. The van der Waals surface area contributed by atoms with E-state index < -0.39 is 0 Å². The zero-order valence-corrected chi connectivity index (χ0v) is 10.7. The summed E-state index contributed by atoms with van der Waals surface area (Å²) in [6.45, 7) is 4.56. The van der Waals surface area contributed by atoms with E-state index in [9.17, 15) is 0 Å². The van der Waals surface area contributed by atoms with Gasteiger partial charge < -0.3 is 10.5 Å². The quantitative estimate of drug-likeness (QED) is 0.923. The number of halogens is 2. The van der Waals surface area contributed by atoms with Crippen molar-refractivity contribution in [2.24, 2.45) is 5.73 Å². The van der Waals surface area contributed by atoms with Gasteiger partial charge in [-0.2, -0.15) is 0 Å². The summed E-state index contributed by atoms with van der Waals surface area (Å²) in [7, 11) is 0. The number of hydrogen-bond acceptors (Lipinski definition) is 2.